The van der Waals surface area contributed by atoms with Gasteiger partial charge in [0.25, 0.3) is 8.32 Å². The Morgan fingerprint density at radius 2 is 1.67 bits per heavy atom. The molecule has 0 bridgehead atoms. The Morgan fingerprint density at radius 3 is 2.16 bits per heavy atom. The van der Waals surface area contributed by atoms with E-state index in [4.69, 9.17) is 30.2 Å². The Labute approximate surface area is 274 Å². The predicted octanol–water partition coefficient (Wildman–Crippen LogP) is 4.64. The van der Waals surface area contributed by atoms with Gasteiger partial charge in [-0.2, -0.15) is 4.98 Å². The summed E-state index contributed by atoms with van der Waals surface area (Å²) >= 11 is 7.63. The Bertz CT molecular complexity index is 1380. The average Bonchev–Trinajstić information content (AvgIpc) is 3.31. The number of ether oxygens (including phenoxy) is 3. The molecule has 2 heterocycles. The van der Waals surface area contributed by atoms with E-state index in [0.717, 1.165) is 16.8 Å². The molecule has 1 fully saturated rings. The lowest BCUT2D eigenvalue weighted by molar-refractivity contribution is -0.384. The zero-order valence-electron chi connectivity index (χ0n) is 26.3. The zero-order valence-corrected chi connectivity index (χ0v) is 28.9. The third kappa shape index (κ3) is 7.52. The fraction of sp³-hybridized carbons (Fsp3) is 0.484. The van der Waals surface area contributed by atoms with Crippen molar-refractivity contribution in [1.82, 2.24) is 9.97 Å². The van der Waals surface area contributed by atoms with Gasteiger partial charge in [-0.3, -0.25) is 10.1 Å². The summed E-state index contributed by atoms with van der Waals surface area (Å²) in [5.74, 6) is 0.581. The maximum atomic E-state index is 12.1. The van der Waals surface area contributed by atoms with Crippen molar-refractivity contribution in [2.24, 2.45) is 0 Å². The third-order valence-corrected chi connectivity index (χ3v) is 14.1. The normalized spacial score (nSPS) is 20.5. The van der Waals surface area contributed by atoms with Gasteiger partial charge < -0.3 is 29.1 Å². The van der Waals surface area contributed by atoms with E-state index in [1.165, 1.54) is 26.0 Å². The minimum absolute atomic E-state index is 0.0444. The molecule has 2 aromatic carbocycles. The first kappa shape index (κ1) is 35.2. The topological polar surface area (TPSA) is 138 Å². The van der Waals surface area contributed by atoms with Crippen LogP contribution in [0, 0.1) is 10.1 Å². The van der Waals surface area contributed by atoms with Crippen LogP contribution in [0.5, 0.6) is 0 Å². The van der Waals surface area contributed by atoms with E-state index in [9.17, 15) is 15.2 Å². The van der Waals surface area contributed by atoms with Crippen LogP contribution in [0.25, 0.3) is 0 Å². The number of nitrogens with zero attached hydrogens (tertiary/aromatic N) is 3. The molecule has 0 saturated carbocycles. The van der Waals surface area contributed by atoms with Crippen molar-refractivity contribution >= 4 is 53.6 Å². The fourth-order valence-corrected chi connectivity index (χ4v) is 11.3. The number of hydrogen-bond donors (Lipinski definition) is 2. The standard InChI is InChI=1S/C31H41ClN4O7SSi/c1-7-18-44-30-34-27(32)24(36(38)39)28(35-30)33-23-22(43-26(25(23)37)29(40-5)41-6)19-42-45(31(2,3)4,20-14-10-8-11-15-20)21-16-12-9-13-17-21/h8-17,22-23,25-26,29,37H,7,18-19H2,1-6H3,(H,33,34,35)/t22-,23-,25+,26+/m0/s1. The molecule has 2 N–H and O–H groups in total. The van der Waals surface area contributed by atoms with E-state index in [0.29, 0.717) is 5.75 Å². The number of rotatable bonds is 14. The summed E-state index contributed by atoms with van der Waals surface area (Å²) < 4.78 is 24.4. The van der Waals surface area contributed by atoms with E-state index in [2.05, 4.69) is 60.3 Å². The smallest absolute Gasteiger partial charge is 0.348 e. The molecule has 1 saturated heterocycles. The van der Waals surface area contributed by atoms with Crippen LogP contribution in [-0.4, -0.2) is 85.5 Å². The van der Waals surface area contributed by atoms with E-state index in [1.54, 1.807) is 0 Å². The lowest BCUT2D eigenvalue weighted by atomic mass is 10.0. The molecule has 1 aliphatic heterocycles. The highest BCUT2D eigenvalue weighted by Crippen LogP contribution is 2.39. The molecular weight excluding hydrogens is 636 g/mol. The summed E-state index contributed by atoms with van der Waals surface area (Å²) in [6.45, 7) is 8.54. The molecular formula is C31H41ClN4O7SSi. The van der Waals surface area contributed by atoms with Crippen molar-refractivity contribution in [3.63, 3.8) is 0 Å². The molecule has 0 amide bonds. The number of nitro groups is 1. The molecule has 4 rings (SSSR count). The molecule has 45 heavy (non-hydrogen) atoms. The van der Waals surface area contributed by atoms with Gasteiger partial charge in [0, 0.05) is 20.0 Å². The van der Waals surface area contributed by atoms with Gasteiger partial charge in [-0.25, -0.2) is 4.98 Å². The second-order valence-corrected chi connectivity index (χ2v) is 17.4. The highest BCUT2D eigenvalue weighted by Gasteiger charge is 2.53. The Hall–Kier alpha value is -2.62. The molecule has 4 atom stereocenters. The number of aliphatic hydroxyl groups is 1. The minimum atomic E-state index is -3.00. The zero-order chi connectivity index (χ0) is 32.8. The van der Waals surface area contributed by atoms with Crippen molar-refractivity contribution in [3.05, 3.63) is 75.9 Å². The van der Waals surface area contributed by atoms with E-state index in [-0.39, 0.29) is 27.8 Å². The summed E-state index contributed by atoms with van der Waals surface area (Å²) in [5.41, 5.74) is -0.491. The van der Waals surface area contributed by atoms with Crippen molar-refractivity contribution in [3.8, 4) is 0 Å². The molecule has 1 aliphatic rings. The van der Waals surface area contributed by atoms with E-state index < -0.39 is 49.6 Å². The number of aliphatic hydroxyl groups excluding tert-OH is 1. The molecule has 11 nitrogen and oxygen atoms in total. The van der Waals surface area contributed by atoms with Crippen LogP contribution in [0.1, 0.15) is 34.1 Å². The Balaban J connectivity index is 1.78. The first-order chi connectivity index (χ1) is 21.5. The molecule has 0 unspecified atom stereocenters. The number of benzene rings is 2. The lowest BCUT2D eigenvalue weighted by Gasteiger charge is -2.43. The van der Waals surface area contributed by atoms with Gasteiger partial charge in [-0.1, -0.05) is 112 Å². The van der Waals surface area contributed by atoms with Gasteiger partial charge >= 0.3 is 5.69 Å². The van der Waals surface area contributed by atoms with Crippen molar-refractivity contribution in [1.29, 1.82) is 0 Å². The predicted molar refractivity (Wildman–Crippen MR) is 178 cm³/mol. The number of anilines is 1. The highest BCUT2D eigenvalue weighted by molar-refractivity contribution is 7.99. The van der Waals surface area contributed by atoms with Crippen LogP contribution in [0.4, 0.5) is 11.5 Å². The van der Waals surface area contributed by atoms with E-state index in [1.807, 2.05) is 43.3 Å². The van der Waals surface area contributed by atoms with Crippen molar-refractivity contribution in [2.75, 3.05) is 31.9 Å². The summed E-state index contributed by atoms with van der Waals surface area (Å²) in [4.78, 5) is 20.0. The summed E-state index contributed by atoms with van der Waals surface area (Å²) in [6, 6.07) is 19.4. The monoisotopic (exact) mass is 676 g/mol. The van der Waals surface area contributed by atoms with Crippen molar-refractivity contribution in [2.45, 2.75) is 75.0 Å². The van der Waals surface area contributed by atoms with Gasteiger partial charge in [0.2, 0.25) is 11.0 Å². The Kier molecular flexibility index (Phi) is 12.0. The average molecular weight is 677 g/mol. The quantitative estimate of drug-likeness (QED) is 0.0470. The summed E-state index contributed by atoms with van der Waals surface area (Å²) in [7, 11) is -0.0991. The van der Waals surface area contributed by atoms with Gasteiger partial charge in [-0.15, -0.1) is 0 Å². The molecule has 0 aliphatic carbocycles. The van der Waals surface area contributed by atoms with E-state index >= 15 is 0 Å². The maximum Gasteiger partial charge on any atom is 0.348 e. The second kappa shape index (κ2) is 15.3. The van der Waals surface area contributed by atoms with Gasteiger partial charge in [-0.05, 0) is 21.8 Å². The van der Waals surface area contributed by atoms with Gasteiger partial charge in [0.05, 0.1) is 17.6 Å². The first-order valence-electron chi connectivity index (χ1n) is 14.7. The highest BCUT2D eigenvalue weighted by atomic mass is 35.5. The number of hydrogen-bond acceptors (Lipinski definition) is 11. The molecule has 14 heteroatoms. The molecule has 244 valence electrons. The van der Waals surface area contributed by atoms with Crippen LogP contribution in [0.2, 0.25) is 10.2 Å². The Morgan fingerprint density at radius 1 is 1.09 bits per heavy atom. The number of aromatic nitrogens is 2. The third-order valence-electron chi connectivity index (χ3n) is 7.79. The van der Waals surface area contributed by atoms with Crippen LogP contribution in [0.3, 0.4) is 0 Å². The SMILES string of the molecule is CCCSc1nc(Cl)c([N+](=O)[O-])c(N[C@@H]2[C@@H](O)[C@H](C(OC)OC)O[C@H]2CO[Si](c2ccccc2)(c2ccccc2)C(C)(C)C)n1. The molecule has 1 aromatic heterocycles. The molecule has 0 spiro atoms. The van der Waals surface area contributed by atoms with Crippen LogP contribution in [0.15, 0.2) is 65.8 Å². The van der Waals surface area contributed by atoms with Gasteiger partial charge in [0.1, 0.15) is 18.3 Å². The lowest BCUT2D eigenvalue weighted by Crippen LogP contribution is -2.67. The second-order valence-electron chi connectivity index (χ2n) is 11.7. The largest absolute Gasteiger partial charge is 0.405 e. The first-order valence-corrected chi connectivity index (χ1v) is 18.0. The molecule has 0 radical (unpaired) electrons. The number of methoxy groups -OCH3 is 2. The number of thioether (sulfide) groups is 1. The van der Waals surface area contributed by atoms with Crippen molar-refractivity contribution < 1.29 is 28.7 Å². The van der Waals surface area contributed by atoms with Crippen LogP contribution < -0.4 is 15.7 Å². The number of nitrogens with one attached hydrogen (secondary N) is 1. The minimum Gasteiger partial charge on any atom is -0.405 e. The summed E-state index contributed by atoms with van der Waals surface area (Å²) in [5, 5.41) is 28.6. The van der Waals surface area contributed by atoms with Gasteiger partial charge in [0.15, 0.2) is 11.4 Å². The van der Waals surface area contributed by atoms with Crippen LogP contribution >= 0.6 is 23.4 Å². The maximum absolute atomic E-state index is 12.1. The fourth-order valence-electron chi connectivity index (χ4n) is 5.76. The molecule has 3 aromatic rings. The van der Waals surface area contributed by atoms with Crippen LogP contribution in [-0.2, 0) is 18.6 Å². The number of halogens is 1. The summed E-state index contributed by atoms with van der Waals surface area (Å²) in [6.07, 6.45) is -3.01.